The van der Waals surface area contributed by atoms with Crippen LogP contribution in [0.15, 0.2) is 231 Å². The summed E-state index contributed by atoms with van der Waals surface area (Å²) in [6, 6.07) is 69.1. The SMILES string of the molecule is CC(C)(c1ccc(O)cc1)c1ccc(O)cc1.CC(c1ccc(O)cc1)c1ccc(O)cc1.CCC(C)(c1ccc(O)cc1)c1ccc(O)cc1.Cc1cc(C(C)(C)c2ccc(O)c(C)c2)ccc1O.Oc1ccc(Cc2ccc(O)cc2)cc1. The highest BCUT2D eigenvalue weighted by Gasteiger charge is 2.27. The van der Waals surface area contributed by atoms with Crippen molar-refractivity contribution in [2.24, 2.45) is 0 Å². The first-order valence-electron chi connectivity index (χ1n) is 28.2. The molecule has 0 fully saturated rings. The maximum atomic E-state index is 9.63. The van der Waals surface area contributed by atoms with Gasteiger partial charge < -0.3 is 51.1 Å². The fourth-order valence-corrected chi connectivity index (χ4v) is 9.59. The van der Waals surface area contributed by atoms with Crippen LogP contribution in [0.4, 0.5) is 0 Å². The van der Waals surface area contributed by atoms with Crippen LogP contribution in [0.3, 0.4) is 0 Å². The molecular formula is C75H80O10. The molecule has 0 amide bonds. The Balaban J connectivity index is 0.000000171. The lowest BCUT2D eigenvalue weighted by atomic mass is 9.74. The third kappa shape index (κ3) is 17.9. The molecule has 0 saturated heterocycles. The average molecular weight is 1140 g/mol. The van der Waals surface area contributed by atoms with E-state index in [0.717, 1.165) is 79.6 Å². The number of aryl methyl sites for hydroxylation is 2. The summed E-state index contributed by atoms with van der Waals surface area (Å²) < 4.78 is 0. The number of hydrogen-bond donors (Lipinski definition) is 10. The second-order valence-corrected chi connectivity index (χ2v) is 22.5. The van der Waals surface area contributed by atoms with E-state index in [1.807, 2.05) is 135 Å². The molecule has 10 nitrogen and oxygen atoms in total. The van der Waals surface area contributed by atoms with Crippen LogP contribution < -0.4 is 0 Å². The highest BCUT2D eigenvalue weighted by Crippen LogP contribution is 2.38. The minimum Gasteiger partial charge on any atom is -0.508 e. The summed E-state index contributed by atoms with van der Waals surface area (Å²) in [5.41, 5.74) is 12.7. The minimum absolute atomic E-state index is 0.110. The molecule has 0 saturated carbocycles. The number of aromatic hydroxyl groups is 10. The summed E-state index contributed by atoms with van der Waals surface area (Å²) in [5.74, 6) is 3.12. The number of hydrogen-bond acceptors (Lipinski definition) is 10. The van der Waals surface area contributed by atoms with Gasteiger partial charge in [0.2, 0.25) is 0 Å². The van der Waals surface area contributed by atoms with E-state index in [4.69, 9.17) is 10.2 Å². The molecule has 0 heterocycles. The van der Waals surface area contributed by atoms with Crippen molar-refractivity contribution in [2.45, 2.75) is 97.3 Å². The van der Waals surface area contributed by atoms with E-state index < -0.39 is 0 Å². The minimum atomic E-state index is -0.170. The molecule has 0 aromatic heterocycles. The fourth-order valence-electron chi connectivity index (χ4n) is 9.59. The molecule has 440 valence electrons. The first-order chi connectivity index (χ1) is 40.3. The number of phenolic OH excluding ortho intramolecular Hbond substituents is 10. The van der Waals surface area contributed by atoms with Crippen molar-refractivity contribution in [1.29, 1.82) is 0 Å². The summed E-state index contributed by atoms with van der Waals surface area (Å²) in [4.78, 5) is 0. The van der Waals surface area contributed by atoms with Crippen molar-refractivity contribution < 1.29 is 51.1 Å². The van der Waals surface area contributed by atoms with Crippen molar-refractivity contribution in [3.63, 3.8) is 0 Å². The number of rotatable bonds is 11. The predicted octanol–water partition coefficient (Wildman–Crippen LogP) is 17.2. The molecule has 10 rings (SSSR count). The van der Waals surface area contributed by atoms with Crippen LogP contribution in [0, 0.1) is 13.8 Å². The maximum Gasteiger partial charge on any atom is 0.118 e. The van der Waals surface area contributed by atoms with Crippen molar-refractivity contribution in [3.8, 4) is 57.5 Å². The van der Waals surface area contributed by atoms with Crippen LogP contribution >= 0.6 is 0 Å². The highest BCUT2D eigenvalue weighted by molar-refractivity contribution is 5.48. The van der Waals surface area contributed by atoms with Gasteiger partial charge in [0, 0.05) is 22.2 Å². The van der Waals surface area contributed by atoms with E-state index in [-0.39, 0.29) is 68.2 Å². The molecule has 0 aliphatic rings. The zero-order valence-electron chi connectivity index (χ0n) is 49.9. The lowest BCUT2D eigenvalue weighted by molar-refractivity contribution is 0.469. The van der Waals surface area contributed by atoms with E-state index >= 15 is 0 Å². The molecule has 0 aliphatic carbocycles. The van der Waals surface area contributed by atoms with Gasteiger partial charge in [0.1, 0.15) is 57.5 Å². The van der Waals surface area contributed by atoms with Gasteiger partial charge in [0.15, 0.2) is 0 Å². The highest BCUT2D eigenvalue weighted by atomic mass is 16.3. The third-order valence-electron chi connectivity index (χ3n) is 15.8. The van der Waals surface area contributed by atoms with Crippen LogP contribution in [-0.4, -0.2) is 51.1 Å². The monoisotopic (exact) mass is 1140 g/mol. The van der Waals surface area contributed by atoms with Crippen LogP contribution in [0.25, 0.3) is 0 Å². The summed E-state index contributed by atoms with van der Waals surface area (Å²) in [5, 5.41) is 93.3. The largest absolute Gasteiger partial charge is 0.508 e. The number of phenols is 10. The Morgan fingerprint density at radius 1 is 0.294 bits per heavy atom. The van der Waals surface area contributed by atoms with E-state index in [9.17, 15) is 40.9 Å². The number of benzene rings is 10. The van der Waals surface area contributed by atoms with Gasteiger partial charge in [-0.2, -0.15) is 0 Å². The van der Waals surface area contributed by atoms with Crippen molar-refractivity contribution in [1.82, 2.24) is 0 Å². The molecule has 0 radical (unpaired) electrons. The van der Waals surface area contributed by atoms with Crippen LogP contribution in [0.5, 0.6) is 57.5 Å². The van der Waals surface area contributed by atoms with Gasteiger partial charge in [-0.05, 0) is 203 Å². The molecule has 10 heteroatoms. The van der Waals surface area contributed by atoms with Gasteiger partial charge in [0.25, 0.3) is 0 Å². The molecule has 85 heavy (non-hydrogen) atoms. The normalized spacial score (nSPS) is 11.1. The van der Waals surface area contributed by atoms with E-state index in [1.165, 1.54) is 0 Å². The van der Waals surface area contributed by atoms with Crippen molar-refractivity contribution >= 4 is 0 Å². The molecule has 0 spiro atoms. The first-order valence-corrected chi connectivity index (χ1v) is 28.2. The Morgan fingerprint density at radius 3 is 0.776 bits per heavy atom. The maximum absolute atomic E-state index is 9.63. The summed E-state index contributed by atoms with van der Waals surface area (Å²) in [6.45, 7) is 18.7. The molecular weight excluding hydrogens is 1060 g/mol. The zero-order valence-corrected chi connectivity index (χ0v) is 49.9. The topological polar surface area (TPSA) is 202 Å². The Morgan fingerprint density at radius 2 is 0.518 bits per heavy atom. The Hall–Kier alpha value is -9.80. The van der Waals surface area contributed by atoms with Gasteiger partial charge in [0.05, 0.1) is 0 Å². The standard InChI is InChI=1S/C17H20O2.C16H18O2.C15H16O2.C14H14O2.C13H12O2/c1-11-9-13(5-7-15(11)18)17(3,4)14-6-8-16(19)12(2)10-14;1-3-16(2,12-4-8-14(17)9-5-12)13-6-10-15(18)11-7-13;1-15(2,11-3-7-13(16)8-4-11)12-5-9-14(17)10-6-12;1-10(11-2-6-13(15)7-3-11)12-4-8-14(16)9-5-12;14-12-5-1-10(2-6-12)9-11-3-7-13(15)8-4-11/h5-10,18-19H,1-4H3;4-11,17-18H,3H2,1-2H3;3-10,16-17H,1-2H3;2-10,15-16H,1H3;1-8,14-15H,9H2. The smallest absolute Gasteiger partial charge is 0.118 e. The second kappa shape index (κ2) is 28.9. The van der Waals surface area contributed by atoms with Crippen molar-refractivity contribution in [3.05, 3.63) is 297 Å². The van der Waals surface area contributed by atoms with Gasteiger partial charge in [-0.25, -0.2) is 0 Å². The summed E-state index contributed by atoms with van der Waals surface area (Å²) >= 11 is 0. The fraction of sp³-hybridized carbons (Fsp3) is 0.200. The van der Waals surface area contributed by atoms with E-state index in [0.29, 0.717) is 11.5 Å². The Bertz CT molecular complexity index is 3410. The van der Waals surface area contributed by atoms with Crippen molar-refractivity contribution in [2.75, 3.05) is 0 Å². The zero-order chi connectivity index (χ0) is 62.1. The molecule has 0 atom stereocenters. The lowest BCUT2D eigenvalue weighted by Gasteiger charge is -2.29. The Labute approximate surface area is 500 Å². The molecule has 0 unspecified atom stereocenters. The predicted molar refractivity (Wildman–Crippen MR) is 342 cm³/mol. The second-order valence-electron chi connectivity index (χ2n) is 22.5. The third-order valence-corrected chi connectivity index (χ3v) is 15.8. The molecule has 0 bridgehead atoms. The van der Waals surface area contributed by atoms with Gasteiger partial charge >= 0.3 is 0 Å². The van der Waals surface area contributed by atoms with Crippen LogP contribution in [-0.2, 0) is 22.7 Å². The van der Waals surface area contributed by atoms with E-state index in [1.54, 1.807) is 109 Å². The summed E-state index contributed by atoms with van der Waals surface area (Å²) in [7, 11) is 0. The molecule has 0 aliphatic heterocycles. The van der Waals surface area contributed by atoms with Crippen LogP contribution in [0.2, 0.25) is 0 Å². The molecule has 10 aromatic rings. The van der Waals surface area contributed by atoms with Gasteiger partial charge in [-0.1, -0.05) is 170 Å². The van der Waals surface area contributed by atoms with E-state index in [2.05, 4.69) is 48.5 Å². The Kier molecular flexibility index (Phi) is 21.9. The summed E-state index contributed by atoms with van der Waals surface area (Å²) in [6.07, 6.45) is 1.75. The quantitative estimate of drug-likeness (QED) is 0.0594. The van der Waals surface area contributed by atoms with Crippen LogP contribution in [0.1, 0.15) is 128 Å². The molecule has 10 aromatic carbocycles. The molecule has 10 N–H and O–H groups in total. The lowest BCUT2D eigenvalue weighted by Crippen LogP contribution is -2.22. The van der Waals surface area contributed by atoms with Gasteiger partial charge in [-0.15, -0.1) is 0 Å². The van der Waals surface area contributed by atoms with Gasteiger partial charge in [-0.3, -0.25) is 0 Å². The first kappa shape index (κ1) is 64.4. The average Bonchev–Trinajstić information content (AvgIpc) is 3.66.